The number of para-hydroxylation sites is 1. The highest BCUT2D eigenvalue weighted by Gasteiger charge is 2.12. The quantitative estimate of drug-likeness (QED) is 0.797. The van der Waals surface area contributed by atoms with Gasteiger partial charge in [-0.1, -0.05) is 25.1 Å². The van der Waals surface area contributed by atoms with Crippen LogP contribution in [0.3, 0.4) is 0 Å². The lowest BCUT2D eigenvalue weighted by molar-refractivity contribution is 0.612. The Hall–Kier alpha value is -2.20. The minimum atomic E-state index is -0.242. The van der Waals surface area contributed by atoms with Crippen LogP contribution < -0.4 is 5.73 Å². The summed E-state index contributed by atoms with van der Waals surface area (Å²) in [5.74, 6) is -0.242. The van der Waals surface area contributed by atoms with Crippen molar-refractivity contribution < 1.29 is 4.39 Å². The van der Waals surface area contributed by atoms with Gasteiger partial charge < -0.3 is 5.73 Å². The van der Waals surface area contributed by atoms with Crippen LogP contribution in [0.25, 0.3) is 16.6 Å². The Morgan fingerprint density at radius 3 is 2.86 bits per heavy atom. The molecule has 108 valence electrons. The summed E-state index contributed by atoms with van der Waals surface area (Å²) in [5.41, 5.74) is 8.83. The molecule has 3 aromatic rings. The minimum absolute atomic E-state index is 0.0207. The first-order valence-electron chi connectivity index (χ1n) is 7.16. The molecule has 0 radical (unpaired) electrons. The van der Waals surface area contributed by atoms with Crippen molar-refractivity contribution in [2.45, 2.75) is 25.8 Å². The normalized spacial score (nSPS) is 12.7. The molecule has 1 unspecified atom stereocenters. The van der Waals surface area contributed by atoms with Gasteiger partial charge in [-0.15, -0.1) is 0 Å². The maximum atomic E-state index is 13.6. The summed E-state index contributed by atoms with van der Waals surface area (Å²) < 4.78 is 15.4. The zero-order valence-corrected chi connectivity index (χ0v) is 12.0. The molecule has 2 aromatic carbocycles. The summed E-state index contributed by atoms with van der Waals surface area (Å²) in [4.78, 5) is 0. The lowest BCUT2D eigenvalue weighted by Crippen LogP contribution is -2.22. The lowest BCUT2D eigenvalue weighted by Gasteiger charge is -2.14. The number of hydrogen-bond donors (Lipinski definition) is 1. The third-order valence-electron chi connectivity index (χ3n) is 3.75. The maximum absolute atomic E-state index is 13.6. The van der Waals surface area contributed by atoms with Crippen molar-refractivity contribution >= 4 is 10.9 Å². The van der Waals surface area contributed by atoms with Gasteiger partial charge in [0.15, 0.2) is 0 Å². The van der Waals surface area contributed by atoms with Crippen LogP contribution in [0.4, 0.5) is 4.39 Å². The molecule has 0 aliphatic rings. The Morgan fingerprint density at radius 1 is 1.24 bits per heavy atom. The molecule has 0 amide bonds. The van der Waals surface area contributed by atoms with E-state index in [1.54, 1.807) is 12.1 Å². The van der Waals surface area contributed by atoms with E-state index < -0.39 is 0 Å². The fourth-order valence-electron chi connectivity index (χ4n) is 2.51. The minimum Gasteiger partial charge on any atom is -0.327 e. The van der Waals surface area contributed by atoms with Gasteiger partial charge in [0.1, 0.15) is 5.82 Å². The van der Waals surface area contributed by atoms with E-state index in [0.717, 1.165) is 28.6 Å². The summed E-state index contributed by atoms with van der Waals surface area (Å²) in [7, 11) is 0. The second-order valence-electron chi connectivity index (χ2n) is 5.26. The molecule has 2 N–H and O–H groups in total. The van der Waals surface area contributed by atoms with Crippen LogP contribution in [0.5, 0.6) is 0 Å². The van der Waals surface area contributed by atoms with Crippen LogP contribution in [0.2, 0.25) is 0 Å². The van der Waals surface area contributed by atoms with E-state index in [1.165, 1.54) is 6.07 Å². The van der Waals surface area contributed by atoms with E-state index in [-0.39, 0.29) is 11.9 Å². The molecule has 0 aliphatic heterocycles. The molecular formula is C17H18FN3. The van der Waals surface area contributed by atoms with Gasteiger partial charge in [-0.05, 0) is 42.7 Å². The third kappa shape index (κ3) is 2.67. The van der Waals surface area contributed by atoms with Crippen molar-refractivity contribution in [2.75, 3.05) is 0 Å². The van der Waals surface area contributed by atoms with E-state index in [2.05, 4.69) is 5.10 Å². The lowest BCUT2D eigenvalue weighted by atomic mass is 10.0. The Balaban J connectivity index is 2.13. The van der Waals surface area contributed by atoms with Gasteiger partial charge in [-0.25, -0.2) is 9.07 Å². The highest BCUT2D eigenvalue weighted by molar-refractivity contribution is 5.80. The molecule has 4 heteroatoms. The molecular weight excluding hydrogens is 265 g/mol. The number of nitrogens with two attached hydrogens (primary N) is 1. The molecule has 0 bridgehead atoms. The Kier molecular flexibility index (Phi) is 3.71. The molecule has 3 nitrogen and oxygen atoms in total. The maximum Gasteiger partial charge on any atom is 0.123 e. The van der Waals surface area contributed by atoms with Crippen LogP contribution >= 0.6 is 0 Å². The van der Waals surface area contributed by atoms with Crippen molar-refractivity contribution in [1.82, 2.24) is 9.78 Å². The molecule has 21 heavy (non-hydrogen) atoms. The summed E-state index contributed by atoms with van der Waals surface area (Å²) in [6.07, 6.45) is 3.32. The summed E-state index contributed by atoms with van der Waals surface area (Å²) in [5, 5.41) is 5.50. The van der Waals surface area contributed by atoms with Crippen molar-refractivity contribution in [3.63, 3.8) is 0 Å². The smallest absolute Gasteiger partial charge is 0.123 e. The number of halogens is 1. The van der Waals surface area contributed by atoms with E-state index in [1.807, 2.05) is 42.1 Å². The van der Waals surface area contributed by atoms with E-state index >= 15 is 0 Å². The van der Waals surface area contributed by atoms with Crippen molar-refractivity contribution in [3.8, 4) is 5.69 Å². The van der Waals surface area contributed by atoms with Gasteiger partial charge in [0.25, 0.3) is 0 Å². The molecule has 0 spiro atoms. The van der Waals surface area contributed by atoms with E-state index in [9.17, 15) is 4.39 Å². The third-order valence-corrected chi connectivity index (χ3v) is 3.75. The number of fused-ring (bicyclic) bond motifs is 1. The summed E-state index contributed by atoms with van der Waals surface area (Å²) >= 11 is 0. The predicted molar refractivity (Wildman–Crippen MR) is 83.0 cm³/mol. The zero-order chi connectivity index (χ0) is 14.8. The zero-order valence-electron chi connectivity index (χ0n) is 12.0. The molecule has 1 aromatic heterocycles. The van der Waals surface area contributed by atoms with Crippen molar-refractivity contribution in [2.24, 2.45) is 5.73 Å². The average molecular weight is 283 g/mol. The van der Waals surface area contributed by atoms with Gasteiger partial charge >= 0.3 is 0 Å². The molecule has 3 rings (SSSR count). The predicted octanol–water partition coefficient (Wildman–Crippen LogP) is 3.44. The Labute approximate surface area is 123 Å². The number of nitrogens with zero attached hydrogens (tertiary/aromatic N) is 2. The first-order valence-corrected chi connectivity index (χ1v) is 7.16. The molecule has 0 fully saturated rings. The van der Waals surface area contributed by atoms with Crippen LogP contribution in [-0.4, -0.2) is 15.8 Å². The van der Waals surface area contributed by atoms with Gasteiger partial charge in [0.2, 0.25) is 0 Å². The van der Waals surface area contributed by atoms with Gasteiger partial charge in [-0.3, -0.25) is 0 Å². The molecule has 0 saturated heterocycles. The fourth-order valence-corrected chi connectivity index (χ4v) is 2.51. The molecule has 0 saturated carbocycles. The monoisotopic (exact) mass is 283 g/mol. The van der Waals surface area contributed by atoms with Gasteiger partial charge in [0.05, 0.1) is 17.4 Å². The highest BCUT2D eigenvalue weighted by atomic mass is 19.1. The number of aromatic nitrogens is 2. The Morgan fingerprint density at radius 2 is 2.05 bits per heavy atom. The molecule has 1 atom stereocenters. The van der Waals surface area contributed by atoms with Crippen LogP contribution in [-0.2, 0) is 6.42 Å². The SMILES string of the molecule is CCC(N)Cc1cc(F)ccc1-n1ncc2ccccc21. The first kappa shape index (κ1) is 13.8. The fraction of sp³-hybridized carbons (Fsp3) is 0.235. The number of hydrogen-bond acceptors (Lipinski definition) is 2. The van der Waals surface area contributed by atoms with Crippen molar-refractivity contribution in [3.05, 3.63) is 60.0 Å². The summed E-state index contributed by atoms with van der Waals surface area (Å²) in [6.45, 7) is 2.03. The van der Waals surface area contributed by atoms with E-state index in [4.69, 9.17) is 5.73 Å². The second kappa shape index (κ2) is 5.66. The summed E-state index contributed by atoms with van der Waals surface area (Å²) in [6, 6.07) is 12.8. The van der Waals surface area contributed by atoms with E-state index in [0.29, 0.717) is 6.42 Å². The standard InChI is InChI=1S/C17H18FN3/c1-2-15(19)10-13-9-14(18)7-8-17(13)21-16-6-4-3-5-12(16)11-20-21/h3-9,11,15H,2,10,19H2,1H3. The van der Waals surface area contributed by atoms with Gasteiger partial charge in [-0.2, -0.15) is 5.10 Å². The molecule has 0 aliphatic carbocycles. The van der Waals surface area contributed by atoms with Crippen LogP contribution in [0, 0.1) is 5.82 Å². The largest absolute Gasteiger partial charge is 0.327 e. The topological polar surface area (TPSA) is 43.8 Å². The number of benzene rings is 2. The van der Waals surface area contributed by atoms with Crippen LogP contribution in [0.1, 0.15) is 18.9 Å². The second-order valence-corrected chi connectivity index (χ2v) is 5.26. The van der Waals surface area contributed by atoms with Crippen molar-refractivity contribution in [1.29, 1.82) is 0 Å². The highest BCUT2D eigenvalue weighted by Crippen LogP contribution is 2.22. The van der Waals surface area contributed by atoms with Crippen LogP contribution in [0.15, 0.2) is 48.7 Å². The molecule has 1 heterocycles. The average Bonchev–Trinajstić information content (AvgIpc) is 2.91. The first-order chi connectivity index (χ1) is 10.2. The Bertz CT molecular complexity index is 764. The van der Waals surface area contributed by atoms with Gasteiger partial charge in [0, 0.05) is 11.4 Å². The number of rotatable bonds is 4.